The zero-order valence-electron chi connectivity index (χ0n) is 14.6. The first-order chi connectivity index (χ1) is 11.7. The second-order valence-electron chi connectivity index (χ2n) is 6.82. The fraction of sp³-hybridized carbons (Fsp3) is 0.611. The van der Waals surface area contributed by atoms with Crippen LogP contribution in [-0.4, -0.2) is 68.2 Å². The van der Waals surface area contributed by atoms with Crippen molar-refractivity contribution in [3.63, 3.8) is 0 Å². The highest BCUT2D eigenvalue weighted by atomic mass is 16.2. The molecule has 3 N–H and O–H groups in total. The fourth-order valence-corrected chi connectivity index (χ4v) is 3.64. The average Bonchev–Trinajstić information content (AvgIpc) is 2.63. The van der Waals surface area contributed by atoms with E-state index in [1.807, 2.05) is 0 Å². The molecule has 1 aromatic carbocycles. The summed E-state index contributed by atoms with van der Waals surface area (Å²) in [5, 5.41) is 3.38. The Hall–Kier alpha value is -1.79. The van der Waals surface area contributed by atoms with E-state index in [0.717, 1.165) is 19.6 Å². The number of amides is 2. The van der Waals surface area contributed by atoms with Crippen LogP contribution in [-0.2, 0) is 6.54 Å². The quantitative estimate of drug-likeness (QED) is 0.866. The van der Waals surface area contributed by atoms with E-state index in [4.69, 9.17) is 5.73 Å². The fourth-order valence-electron chi connectivity index (χ4n) is 3.64. The molecule has 1 aromatic rings. The number of urea groups is 1. The number of likely N-dealkylation sites (tertiary alicyclic amines) is 1. The van der Waals surface area contributed by atoms with E-state index in [0.29, 0.717) is 19.1 Å². The van der Waals surface area contributed by atoms with Crippen LogP contribution in [0.3, 0.4) is 0 Å². The molecule has 2 amide bonds. The normalized spacial score (nSPS) is 20.4. The highest BCUT2D eigenvalue weighted by Gasteiger charge is 2.20. The Kier molecular flexibility index (Phi) is 5.58. The Balaban J connectivity index is 1.50. The predicted molar refractivity (Wildman–Crippen MR) is 97.2 cm³/mol. The summed E-state index contributed by atoms with van der Waals surface area (Å²) in [5.74, 6) is 0. The number of rotatable bonds is 4. The maximum atomic E-state index is 11.2. The minimum Gasteiger partial charge on any atom is -0.368 e. The van der Waals surface area contributed by atoms with Crippen molar-refractivity contribution >= 4 is 11.7 Å². The van der Waals surface area contributed by atoms with E-state index in [1.54, 1.807) is 4.90 Å². The highest BCUT2D eigenvalue weighted by molar-refractivity contribution is 5.72. The van der Waals surface area contributed by atoms with Crippen LogP contribution < -0.4 is 16.0 Å². The molecule has 6 nitrogen and oxygen atoms in total. The van der Waals surface area contributed by atoms with Crippen molar-refractivity contribution in [2.75, 3.05) is 51.2 Å². The molecular formula is C18H29N5O. The monoisotopic (exact) mass is 331 g/mol. The number of anilines is 1. The summed E-state index contributed by atoms with van der Waals surface area (Å²) in [6, 6.07) is 9.25. The zero-order valence-corrected chi connectivity index (χ0v) is 14.6. The van der Waals surface area contributed by atoms with Gasteiger partial charge in [0.25, 0.3) is 0 Å². The Morgan fingerprint density at radius 1 is 1.08 bits per heavy atom. The first kappa shape index (κ1) is 17.0. The van der Waals surface area contributed by atoms with Gasteiger partial charge in [-0.05, 0) is 50.7 Å². The second kappa shape index (κ2) is 7.85. The van der Waals surface area contributed by atoms with Crippen LogP contribution in [0.5, 0.6) is 0 Å². The van der Waals surface area contributed by atoms with Gasteiger partial charge in [0.1, 0.15) is 0 Å². The van der Waals surface area contributed by atoms with Crippen molar-refractivity contribution in [3.05, 3.63) is 29.8 Å². The largest absolute Gasteiger partial charge is 0.368 e. The van der Waals surface area contributed by atoms with Gasteiger partial charge in [-0.15, -0.1) is 0 Å². The summed E-state index contributed by atoms with van der Waals surface area (Å²) in [4.78, 5) is 17.8. The molecule has 2 saturated heterocycles. The molecule has 132 valence electrons. The molecule has 2 fully saturated rings. The summed E-state index contributed by atoms with van der Waals surface area (Å²) in [7, 11) is 2.06. The van der Waals surface area contributed by atoms with Gasteiger partial charge < -0.3 is 20.9 Å². The van der Waals surface area contributed by atoms with Gasteiger partial charge in [-0.25, -0.2) is 4.79 Å². The molecule has 2 aliphatic heterocycles. The number of carbonyl (C=O) groups excluding carboxylic acids is 1. The van der Waals surface area contributed by atoms with Crippen LogP contribution in [0.25, 0.3) is 0 Å². The first-order valence-corrected chi connectivity index (χ1v) is 8.93. The molecule has 0 aliphatic carbocycles. The molecule has 0 saturated carbocycles. The minimum atomic E-state index is -0.313. The van der Waals surface area contributed by atoms with Crippen molar-refractivity contribution < 1.29 is 4.79 Å². The number of nitrogens with one attached hydrogen (secondary N) is 1. The third-order valence-electron chi connectivity index (χ3n) is 5.29. The third-order valence-corrected chi connectivity index (χ3v) is 5.29. The number of benzene rings is 1. The van der Waals surface area contributed by atoms with Crippen molar-refractivity contribution in [2.45, 2.75) is 25.4 Å². The maximum Gasteiger partial charge on any atom is 0.314 e. The topological polar surface area (TPSA) is 64.8 Å². The lowest BCUT2D eigenvalue weighted by molar-refractivity contribution is 0.194. The molecule has 6 heteroatoms. The lowest BCUT2D eigenvalue weighted by Gasteiger charge is -2.35. The summed E-state index contributed by atoms with van der Waals surface area (Å²) in [6.07, 6.45) is 2.47. The Bertz CT molecular complexity index is 531. The van der Waals surface area contributed by atoms with E-state index in [-0.39, 0.29) is 6.03 Å². The molecule has 0 atom stereocenters. The van der Waals surface area contributed by atoms with Crippen molar-refractivity contribution in [2.24, 2.45) is 5.73 Å². The van der Waals surface area contributed by atoms with Gasteiger partial charge >= 0.3 is 6.03 Å². The van der Waals surface area contributed by atoms with E-state index in [9.17, 15) is 4.79 Å². The number of nitrogens with two attached hydrogens (primary N) is 1. The number of piperidine rings is 1. The highest BCUT2D eigenvalue weighted by Crippen LogP contribution is 2.19. The third kappa shape index (κ3) is 4.19. The summed E-state index contributed by atoms with van der Waals surface area (Å²) >= 11 is 0. The van der Waals surface area contributed by atoms with Crippen molar-refractivity contribution in [3.8, 4) is 0 Å². The lowest BCUT2D eigenvalue weighted by Crippen LogP contribution is -2.50. The van der Waals surface area contributed by atoms with Crippen LogP contribution in [0.4, 0.5) is 10.5 Å². The lowest BCUT2D eigenvalue weighted by atomic mass is 10.0. The van der Waals surface area contributed by atoms with Gasteiger partial charge in [-0.2, -0.15) is 0 Å². The molecule has 0 bridgehead atoms. The van der Waals surface area contributed by atoms with Gasteiger partial charge in [0.2, 0.25) is 0 Å². The Morgan fingerprint density at radius 2 is 1.71 bits per heavy atom. The van der Waals surface area contributed by atoms with E-state index < -0.39 is 0 Å². The summed E-state index contributed by atoms with van der Waals surface area (Å²) < 4.78 is 0. The number of hydrogen-bond acceptors (Lipinski definition) is 4. The number of hydrogen-bond donors (Lipinski definition) is 2. The number of nitrogens with zero attached hydrogens (tertiary/aromatic N) is 3. The van der Waals surface area contributed by atoms with Gasteiger partial charge in [0.05, 0.1) is 0 Å². The van der Waals surface area contributed by atoms with Gasteiger partial charge in [0.15, 0.2) is 0 Å². The Labute approximate surface area is 144 Å². The van der Waals surface area contributed by atoms with Gasteiger partial charge in [-0.3, -0.25) is 4.90 Å². The van der Waals surface area contributed by atoms with Gasteiger partial charge in [-0.1, -0.05) is 12.1 Å². The number of piperazine rings is 1. The molecule has 0 radical (unpaired) electrons. The molecule has 2 heterocycles. The molecule has 3 rings (SSSR count). The molecule has 0 unspecified atom stereocenters. The summed E-state index contributed by atoms with van der Waals surface area (Å²) in [6.45, 7) is 6.48. The van der Waals surface area contributed by atoms with Crippen LogP contribution in [0, 0.1) is 0 Å². The molecule has 24 heavy (non-hydrogen) atoms. The van der Waals surface area contributed by atoms with Crippen molar-refractivity contribution in [1.82, 2.24) is 15.1 Å². The predicted octanol–water partition coefficient (Wildman–Crippen LogP) is 1.07. The molecule has 2 aliphatic rings. The van der Waals surface area contributed by atoms with E-state index in [1.165, 1.54) is 37.2 Å². The van der Waals surface area contributed by atoms with E-state index in [2.05, 4.69) is 46.4 Å². The standard InChI is InChI=1S/C18H29N5O/c1-20-16-6-8-21(9-7-16)14-15-2-4-17(5-3-15)22-10-12-23(13-11-22)18(19)24/h2-5,16,20H,6-14H2,1H3,(H2,19,24). The molecule has 0 spiro atoms. The molecule has 0 aromatic heterocycles. The Morgan fingerprint density at radius 3 is 2.25 bits per heavy atom. The van der Waals surface area contributed by atoms with Gasteiger partial charge in [0, 0.05) is 44.5 Å². The van der Waals surface area contributed by atoms with Crippen LogP contribution in [0.15, 0.2) is 24.3 Å². The van der Waals surface area contributed by atoms with Crippen LogP contribution in [0.2, 0.25) is 0 Å². The summed E-state index contributed by atoms with van der Waals surface area (Å²) in [5.41, 5.74) is 7.94. The number of primary amides is 1. The van der Waals surface area contributed by atoms with Crippen molar-refractivity contribution in [1.29, 1.82) is 0 Å². The van der Waals surface area contributed by atoms with Crippen LogP contribution in [0.1, 0.15) is 18.4 Å². The average molecular weight is 331 g/mol. The zero-order chi connectivity index (χ0) is 16.9. The maximum absolute atomic E-state index is 11.2. The van der Waals surface area contributed by atoms with E-state index >= 15 is 0 Å². The SMILES string of the molecule is CNC1CCN(Cc2ccc(N3CCN(C(N)=O)CC3)cc2)CC1. The first-order valence-electron chi connectivity index (χ1n) is 8.93. The van der Waals surface area contributed by atoms with Crippen LogP contribution >= 0.6 is 0 Å². The minimum absolute atomic E-state index is 0.313. The smallest absolute Gasteiger partial charge is 0.314 e. The molecular weight excluding hydrogens is 302 g/mol. The second-order valence-corrected chi connectivity index (χ2v) is 6.82. The number of carbonyl (C=O) groups is 1.